The summed E-state index contributed by atoms with van der Waals surface area (Å²) >= 11 is 7.18. The Hall–Kier alpha value is -3.04. The Morgan fingerprint density at radius 3 is 2.33 bits per heavy atom. The van der Waals surface area contributed by atoms with Gasteiger partial charge in [0.15, 0.2) is 18.1 Å². The number of hydrogen-bond donors (Lipinski definition) is 1. The van der Waals surface area contributed by atoms with Crippen molar-refractivity contribution >= 4 is 50.6 Å². The summed E-state index contributed by atoms with van der Waals surface area (Å²) in [6.45, 7) is -0.547. The van der Waals surface area contributed by atoms with Crippen LogP contribution in [-0.2, 0) is 9.53 Å². The van der Waals surface area contributed by atoms with Crippen LogP contribution in [-0.4, -0.2) is 39.8 Å². The number of ether oxygens (including phenoxy) is 4. The predicted octanol–water partition coefficient (Wildman–Crippen LogP) is 4.52. The van der Waals surface area contributed by atoms with E-state index in [1.54, 1.807) is 12.1 Å². The molecule has 0 unspecified atom stereocenters. The lowest BCUT2D eigenvalue weighted by atomic mass is 10.2. The van der Waals surface area contributed by atoms with Gasteiger partial charge in [0.1, 0.15) is 10.7 Å². The largest absolute Gasteiger partial charge is 0.493 e. The Balaban J connectivity index is 1.69. The van der Waals surface area contributed by atoms with Gasteiger partial charge in [0, 0.05) is 27.9 Å². The number of thiophene rings is 1. The summed E-state index contributed by atoms with van der Waals surface area (Å²) in [5.74, 6) is -0.713. The third-order valence-corrected chi connectivity index (χ3v) is 5.70. The first kappa shape index (κ1) is 21.7. The Bertz CT molecular complexity index is 1090. The SMILES string of the molecule is COc1cc(NC(=O)COC(=O)c2sc3cc(F)ccc3c2Cl)cc(OC)c1OC. The number of esters is 1. The van der Waals surface area contributed by atoms with E-state index in [2.05, 4.69) is 5.32 Å². The molecule has 0 atom stereocenters. The molecule has 0 radical (unpaired) electrons. The number of benzene rings is 2. The quantitative estimate of drug-likeness (QED) is 0.530. The minimum atomic E-state index is -0.776. The fraction of sp³-hybridized carbons (Fsp3) is 0.200. The van der Waals surface area contributed by atoms with E-state index in [-0.39, 0.29) is 9.90 Å². The lowest BCUT2D eigenvalue weighted by molar-refractivity contribution is -0.119. The maximum atomic E-state index is 13.4. The van der Waals surface area contributed by atoms with Crippen LogP contribution in [0.5, 0.6) is 17.2 Å². The topological polar surface area (TPSA) is 83.1 Å². The molecule has 1 heterocycles. The number of anilines is 1. The van der Waals surface area contributed by atoms with Crippen molar-refractivity contribution < 1.29 is 32.9 Å². The summed E-state index contributed by atoms with van der Waals surface area (Å²) in [7, 11) is 4.36. The second kappa shape index (κ2) is 9.19. The van der Waals surface area contributed by atoms with Crippen LogP contribution in [0.25, 0.3) is 10.1 Å². The highest BCUT2D eigenvalue weighted by atomic mass is 35.5. The van der Waals surface area contributed by atoms with Crippen molar-refractivity contribution in [3.05, 3.63) is 46.0 Å². The summed E-state index contributed by atoms with van der Waals surface area (Å²) in [6, 6.07) is 7.09. The van der Waals surface area contributed by atoms with Crippen LogP contribution < -0.4 is 19.5 Å². The monoisotopic (exact) mass is 453 g/mol. The smallest absolute Gasteiger partial charge is 0.350 e. The average molecular weight is 454 g/mol. The summed E-state index contributed by atoms with van der Waals surface area (Å²) in [6.07, 6.45) is 0. The van der Waals surface area contributed by atoms with Crippen molar-refractivity contribution in [2.45, 2.75) is 0 Å². The molecule has 0 fully saturated rings. The number of nitrogens with one attached hydrogen (secondary N) is 1. The minimum absolute atomic E-state index is 0.0952. The number of fused-ring (bicyclic) bond motifs is 1. The van der Waals surface area contributed by atoms with Gasteiger partial charge in [0.2, 0.25) is 5.75 Å². The van der Waals surface area contributed by atoms with E-state index in [1.165, 1.54) is 39.5 Å². The second-order valence-electron chi connectivity index (χ2n) is 5.92. The number of halogens is 2. The van der Waals surface area contributed by atoms with Crippen molar-refractivity contribution in [2.24, 2.45) is 0 Å². The van der Waals surface area contributed by atoms with E-state index < -0.39 is 24.3 Å². The van der Waals surface area contributed by atoms with Crippen LogP contribution in [0.4, 0.5) is 10.1 Å². The maximum absolute atomic E-state index is 13.4. The summed E-state index contributed by atoms with van der Waals surface area (Å²) < 4.78 is 34.6. The van der Waals surface area contributed by atoms with Crippen LogP contribution in [0.15, 0.2) is 30.3 Å². The zero-order valence-corrected chi connectivity index (χ0v) is 17.8. The Labute approximate surface area is 180 Å². The summed E-state index contributed by atoms with van der Waals surface area (Å²) in [5, 5.41) is 3.28. The molecular formula is C20H17ClFNO6S. The molecule has 3 aromatic rings. The number of hydrogen-bond acceptors (Lipinski definition) is 7. The van der Waals surface area contributed by atoms with E-state index in [1.807, 2.05) is 0 Å². The van der Waals surface area contributed by atoms with Crippen molar-refractivity contribution in [1.82, 2.24) is 0 Å². The van der Waals surface area contributed by atoms with Gasteiger partial charge in [-0.1, -0.05) is 11.6 Å². The van der Waals surface area contributed by atoms with E-state index in [0.29, 0.717) is 33.0 Å². The first-order chi connectivity index (χ1) is 14.4. The van der Waals surface area contributed by atoms with Crippen LogP contribution >= 0.6 is 22.9 Å². The highest BCUT2D eigenvalue weighted by Crippen LogP contribution is 2.40. The van der Waals surface area contributed by atoms with Gasteiger partial charge >= 0.3 is 5.97 Å². The van der Waals surface area contributed by atoms with Crippen molar-refractivity contribution in [3.8, 4) is 17.2 Å². The zero-order chi connectivity index (χ0) is 21.8. The minimum Gasteiger partial charge on any atom is -0.493 e. The van der Waals surface area contributed by atoms with Crippen LogP contribution in [0.3, 0.4) is 0 Å². The van der Waals surface area contributed by atoms with E-state index >= 15 is 0 Å². The van der Waals surface area contributed by atoms with Crippen molar-refractivity contribution in [1.29, 1.82) is 0 Å². The van der Waals surface area contributed by atoms with Crippen molar-refractivity contribution in [2.75, 3.05) is 33.3 Å². The van der Waals surface area contributed by atoms with E-state index in [4.69, 9.17) is 30.5 Å². The Kier molecular flexibility index (Phi) is 6.63. The first-order valence-corrected chi connectivity index (χ1v) is 9.72. The molecule has 7 nitrogen and oxygen atoms in total. The molecule has 3 rings (SSSR count). The normalized spacial score (nSPS) is 10.6. The molecule has 0 bridgehead atoms. The Morgan fingerprint density at radius 1 is 1.07 bits per heavy atom. The highest BCUT2D eigenvalue weighted by Gasteiger charge is 2.20. The van der Waals surface area contributed by atoms with Gasteiger partial charge in [-0.15, -0.1) is 11.3 Å². The molecule has 158 valence electrons. The molecule has 1 N–H and O–H groups in total. The molecule has 2 aromatic carbocycles. The summed E-state index contributed by atoms with van der Waals surface area (Å²) in [5.41, 5.74) is 0.362. The molecule has 0 spiro atoms. The third-order valence-electron chi connectivity index (χ3n) is 4.06. The third kappa shape index (κ3) is 4.42. The van der Waals surface area contributed by atoms with Gasteiger partial charge in [-0.2, -0.15) is 0 Å². The lowest BCUT2D eigenvalue weighted by Crippen LogP contribution is -2.20. The zero-order valence-electron chi connectivity index (χ0n) is 16.2. The van der Waals surface area contributed by atoms with Crippen LogP contribution in [0.1, 0.15) is 9.67 Å². The van der Waals surface area contributed by atoms with E-state index in [0.717, 1.165) is 11.3 Å². The lowest BCUT2D eigenvalue weighted by Gasteiger charge is -2.14. The van der Waals surface area contributed by atoms with Gasteiger partial charge in [-0.05, 0) is 18.2 Å². The van der Waals surface area contributed by atoms with Gasteiger partial charge < -0.3 is 24.3 Å². The second-order valence-corrected chi connectivity index (χ2v) is 7.35. The number of rotatable bonds is 7. The fourth-order valence-electron chi connectivity index (χ4n) is 2.72. The van der Waals surface area contributed by atoms with Crippen LogP contribution in [0.2, 0.25) is 5.02 Å². The van der Waals surface area contributed by atoms with Crippen LogP contribution in [0, 0.1) is 5.82 Å². The average Bonchev–Trinajstić information content (AvgIpc) is 3.06. The number of carbonyl (C=O) groups is 2. The molecule has 0 aliphatic carbocycles. The number of carbonyl (C=O) groups excluding carboxylic acids is 2. The Morgan fingerprint density at radius 2 is 1.73 bits per heavy atom. The first-order valence-electron chi connectivity index (χ1n) is 8.52. The van der Waals surface area contributed by atoms with Gasteiger partial charge in [-0.25, -0.2) is 9.18 Å². The van der Waals surface area contributed by atoms with E-state index in [9.17, 15) is 14.0 Å². The molecule has 0 saturated carbocycles. The fourth-order valence-corrected chi connectivity index (χ4v) is 4.14. The van der Waals surface area contributed by atoms with Gasteiger partial charge in [0.05, 0.1) is 26.4 Å². The molecule has 1 aromatic heterocycles. The number of methoxy groups -OCH3 is 3. The van der Waals surface area contributed by atoms with Crippen molar-refractivity contribution in [3.63, 3.8) is 0 Å². The standard InChI is InChI=1S/C20H17ClFNO6S/c1-26-13-7-11(8-14(27-2)18(13)28-3)23-16(24)9-29-20(25)19-17(21)12-5-4-10(22)6-15(12)30-19/h4-8H,9H2,1-3H3,(H,23,24). The summed E-state index contributed by atoms with van der Waals surface area (Å²) in [4.78, 5) is 24.7. The molecule has 0 aliphatic heterocycles. The molecular weight excluding hydrogens is 437 g/mol. The molecule has 1 amide bonds. The van der Waals surface area contributed by atoms with Gasteiger partial charge in [0.25, 0.3) is 5.91 Å². The van der Waals surface area contributed by atoms with Gasteiger partial charge in [-0.3, -0.25) is 4.79 Å². The molecule has 30 heavy (non-hydrogen) atoms. The highest BCUT2D eigenvalue weighted by molar-refractivity contribution is 7.21. The maximum Gasteiger partial charge on any atom is 0.350 e. The predicted molar refractivity (Wildman–Crippen MR) is 112 cm³/mol. The molecule has 10 heteroatoms. The number of amides is 1. The molecule has 0 aliphatic rings. The molecule has 0 saturated heterocycles.